The molecule has 0 fully saturated rings. The molecule has 2 aromatic carbocycles. The predicted molar refractivity (Wildman–Crippen MR) is 93.4 cm³/mol. The van der Waals surface area contributed by atoms with E-state index in [4.69, 9.17) is 16.0 Å². The minimum atomic E-state index is -0.378. The lowest BCUT2D eigenvalue weighted by Crippen LogP contribution is -2.00. The highest BCUT2D eigenvalue weighted by Gasteiger charge is 2.10. The van der Waals surface area contributed by atoms with Gasteiger partial charge in [0.1, 0.15) is 5.03 Å². The molecule has 3 aromatic rings. The average Bonchev–Trinajstić information content (AvgIpc) is 3.13. The zero-order valence-corrected chi connectivity index (χ0v) is 13.7. The van der Waals surface area contributed by atoms with Crippen LogP contribution in [-0.4, -0.2) is 18.1 Å². The van der Waals surface area contributed by atoms with Crippen LogP contribution < -0.4 is 0 Å². The number of hydrogen-bond donors (Lipinski definition) is 0. The largest absolute Gasteiger partial charge is 0.465 e. The lowest BCUT2D eigenvalue weighted by atomic mass is 10.1. The number of halogens is 1. The van der Waals surface area contributed by atoms with E-state index in [-0.39, 0.29) is 5.97 Å². The summed E-state index contributed by atoms with van der Waals surface area (Å²) < 4.78 is 10.4. The molecule has 0 atom stereocenters. The molecule has 0 aliphatic rings. The van der Waals surface area contributed by atoms with Gasteiger partial charge in [0, 0.05) is 5.56 Å². The summed E-state index contributed by atoms with van der Waals surface area (Å²) >= 11 is 6.28. The predicted octanol–water partition coefficient (Wildman–Crippen LogP) is 4.87. The van der Waals surface area contributed by atoms with Crippen molar-refractivity contribution in [2.24, 2.45) is 0 Å². The van der Waals surface area contributed by atoms with E-state index in [1.165, 1.54) is 7.11 Å². The van der Waals surface area contributed by atoms with Gasteiger partial charge in [-0.2, -0.15) is 0 Å². The molecule has 1 heterocycles. The number of carbonyl (C=O) groups excluding carboxylic acids is 1. The average molecular weight is 340 g/mol. The van der Waals surface area contributed by atoms with Crippen LogP contribution in [0.2, 0.25) is 0 Å². The monoisotopic (exact) mass is 339 g/mol. The molecule has 0 N–H and O–H groups in total. The van der Waals surface area contributed by atoms with Gasteiger partial charge in [-0.25, -0.2) is 9.78 Å². The Labute approximate surface area is 144 Å². The Bertz CT molecular complexity index is 867. The van der Waals surface area contributed by atoms with Crippen molar-refractivity contribution in [3.8, 4) is 11.3 Å². The van der Waals surface area contributed by atoms with Crippen LogP contribution in [-0.2, 0) is 4.74 Å². The molecular weight excluding hydrogens is 326 g/mol. The van der Waals surface area contributed by atoms with Crippen LogP contribution in [0.5, 0.6) is 0 Å². The van der Waals surface area contributed by atoms with Crippen molar-refractivity contribution in [3.05, 3.63) is 77.8 Å². The molecule has 0 bridgehead atoms. The van der Waals surface area contributed by atoms with Crippen LogP contribution in [0.1, 0.15) is 21.8 Å². The molecule has 24 heavy (non-hydrogen) atoms. The number of nitrogens with zero attached hydrogens (tertiary/aromatic N) is 1. The Morgan fingerprint density at radius 1 is 1.12 bits per heavy atom. The van der Waals surface area contributed by atoms with Crippen molar-refractivity contribution in [1.82, 2.24) is 4.98 Å². The summed E-state index contributed by atoms with van der Waals surface area (Å²) in [6.07, 6.45) is 3.37. The van der Waals surface area contributed by atoms with Crippen molar-refractivity contribution in [2.75, 3.05) is 7.11 Å². The molecule has 0 aliphatic heterocycles. The van der Waals surface area contributed by atoms with Crippen molar-refractivity contribution >= 4 is 28.7 Å². The second-order valence-corrected chi connectivity index (χ2v) is 5.41. The third-order valence-corrected chi connectivity index (χ3v) is 3.66. The maximum Gasteiger partial charge on any atom is 0.337 e. The molecule has 120 valence electrons. The topological polar surface area (TPSA) is 52.3 Å². The van der Waals surface area contributed by atoms with Crippen LogP contribution in [0, 0.1) is 0 Å². The number of methoxy groups -OCH3 is 1. The SMILES string of the molecule is COC(=O)c1ccc(/C=C(\Cl)c2ncc(-c3ccccc3)o2)cc1. The van der Waals surface area contributed by atoms with Gasteiger partial charge >= 0.3 is 5.97 Å². The van der Waals surface area contributed by atoms with Crippen molar-refractivity contribution in [1.29, 1.82) is 0 Å². The standard InChI is InChI=1S/C19H14ClNO3/c1-23-19(22)15-9-7-13(8-10-15)11-16(20)18-21-12-17(24-18)14-5-3-2-4-6-14/h2-12H,1H3/b16-11-. The van der Waals surface area contributed by atoms with Crippen molar-refractivity contribution < 1.29 is 13.9 Å². The number of ether oxygens (including phenoxy) is 1. The zero-order chi connectivity index (χ0) is 16.9. The molecule has 0 aliphatic carbocycles. The number of hydrogen-bond acceptors (Lipinski definition) is 4. The van der Waals surface area contributed by atoms with Gasteiger partial charge in [0.15, 0.2) is 5.76 Å². The number of oxazole rings is 1. The van der Waals surface area contributed by atoms with Gasteiger partial charge in [0.05, 0.1) is 18.9 Å². The van der Waals surface area contributed by atoms with Gasteiger partial charge in [-0.15, -0.1) is 0 Å². The Balaban J connectivity index is 1.81. The lowest BCUT2D eigenvalue weighted by molar-refractivity contribution is 0.0600. The fourth-order valence-corrected chi connectivity index (χ4v) is 2.38. The lowest BCUT2D eigenvalue weighted by Gasteiger charge is -2.00. The van der Waals surface area contributed by atoms with E-state index in [0.29, 0.717) is 22.2 Å². The number of benzene rings is 2. The summed E-state index contributed by atoms with van der Waals surface area (Å²) in [5.74, 6) is 0.614. The second-order valence-electron chi connectivity index (χ2n) is 5.00. The molecule has 3 rings (SSSR count). The smallest absolute Gasteiger partial charge is 0.337 e. The van der Waals surface area contributed by atoms with Gasteiger partial charge in [0.2, 0.25) is 5.89 Å². The Hall–Kier alpha value is -2.85. The Morgan fingerprint density at radius 3 is 2.50 bits per heavy atom. The van der Waals surface area contributed by atoms with Crippen LogP contribution in [0.3, 0.4) is 0 Å². The molecule has 0 spiro atoms. The number of aromatic nitrogens is 1. The molecule has 5 heteroatoms. The van der Waals surface area contributed by atoms with E-state index in [1.54, 1.807) is 36.5 Å². The highest BCUT2D eigenvalue weighted by molar-refractivity contribution is 6.50. The fraction of sp³-hybridized carbons (Fsp3) is 0.0526. The minimum absolute atomic E-state index is 0.340. The minimum Gasteiger partial charge on any atom is -0.465 e. The molecule has 0 radical (unpaired) electrons. The van der Waals surface area contributed by atoms with Crippen LogP contribution in [0.15, 0.2) is 65.2 Å². The van der Waals surface area contributed by atoms with Gasteiger partial charge in [0.25, 0.3) is 0 Å². The third-order valence-electron chi connectivity index (χ3n) is 3.39. The summed E-state index contributed by atoms with van der Waals surface area (Å²) in [5, 5.41) is 0.378. The first-order chi connectivity index (χ1) is 11.7. The summed E-state index contributed by atoms with van der Waals surface area (Å²) in [4.78, 5) is 15.6. The summed E-state index contributed by atoms with van der Waals surface area (Å²) in [6.45, 7) is 0. The van der Waals surface area contributed by atoms with E-state index in [9.17, 15) is 4.79 Å². The van der Waals surface area contributed by atoms with Crippen LogP contribution >= 0.6 is 11.6 Å². The molecule has 0 saturated carbocycles. The van der Waals surface area contributed by atoms with E-state index in [2.05, 4.69) is 9.72 Å². The normalized spacial score (nSPS) is 11.3. The molecule has 0 saturated heterocycles. The van der Waals surface area contributed by atoms with E-state index in [0.717, 1.165) is 11.1 Å². The quantitative estimate of drug-likeness (QED) is 0.637. The van der Waals surface area contributed by atoms with E-state index >= 15 is 0 Å². The molecule has 0 amide bonds. The molecule has 0 unspecified atom stereocenters. The fourth-order valence-electron chi connectivity index (χ4n) is 2.16. The van der Waals surface area contributed by atoms with Gasteiger partial charge in [-0.1, -0.05) is 54.1 Å². The Morgan fingerprint density at radius 2 is 1.83 bits per heavy atom. The summed E-state index contributed by atoms with van der Waals surface area (Å²) in [5.41, 5.74) is 2.24. The Kier molecular flexibility index (Phi) is 4.77. The molecular formula is C19H14ClNO3. The van der Waals surface area contributed by atoms with Gasteiger partial charge < -0.3 is 9.15 Å². The van der Waals surface area contributed by atoms with E-state index in [1.807, 2.05) is 30.3 Å². The summed E-state index contributed by atoms with van der Waals surface area (Å²) in [7, 11) is 1.35. The highest BCUT2D eigenvalue weighted by Crippen LogP contribution is 2.26. The second kappa shape index (κ2) is 7.15. The van der Waals surface area contributed by atoms with Crippen molar-refractivity contribution in [3.63, 3.8) is 0 Å². The van der Waals surface area contributed by atoms with Crippen LogP contribution in [0.25, 0.3) is 22.4 Å². The van der Waals surface area contributed by atoms with E-state index < -0.39 is 0 Å². The van der Waals surface area contributed by atoms with Crippen molar-refractivity contribution in [2.45, 2.75) is 0 Å². The number of carbonyl (C=O) groups is 1. The van der Waals surface area contributed by atoms with Gasteiger partial charge in [-0.3, -0.25) is 0 Å². The highest BCUT2D eigenvalue weighted by atomic mass is 35.5. The first-order valence-corrected chi connectivity index (χ1v) is 7.62. The number of rotatable bonds is 4. The van der Waals surface area contributed by atoms with Crippen LogP contribution in [0.4, 0.5) is 0 Å². The first kappa shape index (κ1) is 16.0. The van der Waals surface area contributed by atoms with Gasteiger partial charge in [-0.05, 0) is 23.8 Å². The first-order valence-electron chi connectivity index (χ1n) is 7.24. The molecule has 4 nitrogen and oxygen atoms in total. The number of esters is 1. The third kappa shape index (κ3) is 3.55. The maximum atomic E-state index is 11.4. The zero-order valence-electron chi connectivity index (χ0n) is 12.9. The maximum absolute atomic E-state index is 11.4. The summed E-state index contributed by atoms with van der Waals surface area (Å²) in [6, 6.07) is 16.6. The molecule has 1 aromatic heterocycles.